The average molecular weight is 337 g/mol. The van der Waals surface area contributed by atoms with E-state index >= 15 is 0 Å². The van der Waals surface area contributed by atoms with E-state index in [1.165, 1.54) is 0 Å². The number of rotatable bonds is 4. The van der Waals surface area contributed by atoms with Gasteiger partial charge in [-0.15, -0.1) is 0 Å². The molecule has 0 atom stereocenters. The molecule has 0 aromatic carbocycles. The molecule has 1 saturated heterocycles. The average Bonchev–Trinajstić information content (AvgIpc) is 2.95. The second-order valence-corrected chi connectivity index (χ2v) is 7.05. The molecule has 0 radical (unpaired) electrons. The molecule has 130 valence electrons. The SMILES string of the molecule is O=C1CCC2(CCC(Nc3ncccn3)CC2)N1Cc1ccncc1. The van der Waals surface area contributed by atoms with Gasteiger partial charge >= 0.3 is 0 Å². The summed E-state index contributed by atoms with van der Waals surface area (Å²) < 4.78 is 0. The van der Waals surface area contributed by atoms with Crippen LogP contribution < -0.4 is 5.32 Å². The van der Waals surface area contributed by atoms with Gasteiger partial charge in [-0.1, -0.05) is 0 Å². The van der Waals surface area contributed by atoms with Gasteiger partial charge in [0.15, 0.2) is 0 Å². The summed E-state index contributed by atoms with van der Waals surface area (Å²) in [5.41, 5.74) is 1.18. The highest BCUT2D eigenvalue weighted by Crippen LogP contribution is 2.43. The first-order valence-electron chi connectivity index (χ1n) is 8.98. The van der Waals surface area contributed by atoms with Crippen LogP contribution in [0.25, 0.3) is 0 Å². The maximum Gasteiger partial charge on any atom is 0.223 e. The predicted octanol–water partition coefficient (Wildman–Crippen LogP) is 2.79. The van der Waals surface area contributed by atoms with Crippen LogP contribution in [0.2, 0.25) is 0 Å². The molecule has 1 saturated carbocycles. The summed E-state index contributed by atoms with van der Waals surface area (Å²) in [7, 11) is 0. The van der Waals surface area contributed by atoms with Crippen LogP contribution in [-0.2, 0) is 11.3 Å². The molecular formula is C19H23N5O. The summed E-state index contributed by atoms with van der Waals surface area (Å²) in [6.45, 7) is 0.696. The van der Waals surface area contributed by atoms with E-state index in [-0.39, 0.29) is 11.4 Å². The number of hydrogen-bond acceptors (Lipinski definition) is 5. The van der Waals surface area contributed by atoms with Crippen LogP contribution in [-0.4, -0.2) is 37.3 Å². The van der Waals surface area contributed by atoms with Gasteiger partial charge in [-0.2, -0.15) is 0 Å². The molecule has 1 aliphatic heterocycles. The normalized spacial score (nSPS) is 26.2. The van der Waals surface area contributed by atoms with Crippen molar-refractivity contribution in [2.24, 2.45) is 0 Å². The summed E-state index contributed by atoms with van der Waals surface area (Å²) in [5, 5.41) is 3.43. The van der Waals surface area contributed by atoms with Gasteiger partial charge in [-0.05, 0) is 55.9 Å². The quantitative estimate of drug-likeness (QED) is 0.929. The highest BCUT2D eigenvalue weighted by atomic mass is 16.2. The Labute approximate surface area is 147 Å². The third kappa shape index (κ3) is 3.34. The van der Waals surface area contributed by atoms with Crippen LogP contribution in [0.3, 0.4) is 0 Å². The lowest BCUT2D eigenvalue weighted by Crippen LogP contribution is -2.49. The van der Waals surface area contributed by atoms with E-state index in [0.717, 1.165) is 37.7 Å². The number of aromatic nitrogens is 3. The first-order chi connectivity index (χ1) is 12.3. The number of carbonyl (C=O) groups excluding carboxylic acids is 1. The highest BCUT2D eigenvalue weighted by molar-refractivity contribution is 5.79. The fourth-order valence-corrected chi connectivity index (χ4v) is 4.18. The number of hydrogen-bond donors (Lipinski definition) is 1. The molecule has 1 spiro atoms. The Balaban J connectivity index is 1.42. The Morgan fingerprint density at radius 3 is 2.52 bits per heavy atom. The molecule has 2 aromatic heterocycles. The molecule has 2 fully saturated rings. The van der Waals surface area contributed by atoms with E-state index in [9.17, 15) is 4.79 Å². The first-order valence-corrected chi connectivity index (χ1v) is 8.98. The van der Waals surface area contributed by atoms with Crippen molar-refractivity contribution in [3.63, 3.8) is 0 Å². The number of nitrogens with one attached hydrogen (secondary N) is 1. The van der Waals surface area contributed by atoms with Gasteiger partial charge < -0.3 is 10.2 Å². The van der Waals surface area contributed by atoms with Gasteiger partial charge in [0.1, 0.15) is 0 Å². The van der Waals surface area contributed by atoms with E-state index in [0.29, 0.717) is 25.0 Å². The van der Waals surface area contributed by atoms with E-state index in [4.69, 9.17) is 0 Å². The number of pyridine rings is 1. The van der Waals surface area contributed by atoms with Crippen molar-refractivity contribution in [2.75, 3.05) is 5.32 Å². The van der Waals surface area contributed by atoms with E-state index < -0.39 is 0 Å². The van der Waals surface area contributed by atoms with Crippen molar-refractivity contribution in [1.82, 2.24) is 19.9 Å². The number of amides is 1. The fraction of sp³-hybridized carbons (Fsp3) is 0.474. The molecule has 25 heavy (non-hydrogen) atoms. The molecule has 3 heterocycles. The topological polar surface area (TPSA) is 71.0 Å². The van der Waals surface area contributed by atoms with Crippen molar-refractivity contribution in [3.8, 4) is 0 Å². The lowest BCUT2D eigenvalue weighted by molar-refractivity contribution is -0.133. The molecule has 2 aliphatic rings. The zero-order valence-electron chi connectivity index (χ0n) is 14.3. The van der Waals surface area contributed by atoms with Crippen molar-refractivity contribution < 1.29 is 4.79 Å². The van der Waals surface area contributed by atoms with Crippen LogP contribution in [0.1, 0.15) is 44.1 Å². The van der Waals surface area contributed by atoms with Crippen molar-refractivity contribution in [3.05, 3.63) is 48.5 Å². The van der Waals surface area contributed by atoms with Crippen LogP contribution in [0.15, 0.2) is 43.0 Å². The molecule has 1 amide bonds. The largest absolute Gasteiger partial charge is 0.351 e. The molecule has 6 nitrogen and oxygen atoms in total. The van der Waals surface area contributed by atoms with Crippen LogP contribution in [0.4, 0.5) is 5.95 Å². The van der Waals surface area contributed by atoms with Gasteiger partial charge in [0.05, 0.1) is 0 Å². The Morgan fingerprint density at radius 2 is 1.80 bits per heavy atom. The minimum atomic E-state index is 0.0239. The Bertz CT molecular complexity index is 713. The number of anilines is 1. The first kappa shape index (κ1) is 16.0. The molecule has 6 heteroatoms. The second-order valence-electron chi connectivity index (χ2n) is 7.05. The minimum absolute atomic E-state index is 0.0239. The van der Waals surface area contributed by atoms with Gasteiger partial charge in [-0.25, -0.2) is 9.97 Å². The molecule has 1 N–H and O–H groups in total. The third-order valence-electron chi connectivity index (χ3n) is 5.58. The summed E-state index contributed by atoms with van der Waals surface area (Å²) in [6, 6.07) is 6.20. The molecule has 4 rings (SSSR count). The van der Waals surface area contributed by atoms with E-state index in [1.807, 2.05) is 18.2 Å². The molecular weight excluding hydrogens is 314 g/mol. The zero-order chi connectivity index (χ0) is 17.1. The lowest BCUT2D eigenvalue weighted by Gasteiger charge is -2.44. The number of carbonyl (C=O) groups is 1. The second kappa shape index (κ2) is 6.78. The van der Waals surface area contributed by atoms with Gasteiger partial charge in [0.2, 0.25) is 11.9 Å². The number of likely N-dealkylation sites (tertiary alicyclic amines) is 1. The van der Waals surface area contributed by atoms with Gasteiger partial charge in [-0.3, -0.25) is 9.78 Å². The molecule has 0 unspecified atom stereocenters. The molecule has 0 bridgehead atoms. The smallest absolute Gasteiger partial charge is 0.223 e. The maximum atomic E-state index is 12.5. The maximum absolute atomic E-state index is 12.5. The fourth-order valence-electron chi connectivity index (χ4n) is 4.18. The monoisotopic (exact) mass is 337 g/mol. The van der Waals surface area contributed by atoms with Crippen LogP contribution in [0.5, 0.6) is 0 Å². The number of nitrogens with zero attached hydrogens (tertiary/aromatic N) is 4. The van der Waals surface area contributed by atoms with Crippen molar-refractivity contribution in [2.45, 2.75) is 56.7 Å². The van der Waals surface area contributed by atoms with E-state index in [1.54, 1.807) is 24.8 Å². The Morgan fingerprint density at radius 1 is 1.08 bits per heavy atom. The third-order valence-corrected chi connectivity index (χ3v) is 5.58. The summed E-state index contributed by atoms with van der Waals surface area (Å²) in [5.74, 6) is 0.981. The summed E-state index contributed by atoms with van der Waals surface area (Å²) in [6.07, 6.45) is 12.9. The minimum Gasteiger partial charge on any atom is -0.351 e. The summed E-state index contributed by atoms with van der Waals surface area (Å²) >= 11 is 0. The highest BCUT2D eigenvalue weighted by Gasteiger charge is 2.46. The van der Waals surface area contributed by atoms with Crippen molar-refractivity contribution in [1.29, 1.82) is 0 Å². The van der Waals surface area contributed by atoms with Crippen LogP contribution >= 0.6 is 0 Å². The van der Waals surface area contributed by atoms with E-state index in [2.05, 4.69) is 25.2 Å². The van der Waals surface area contributed by atoms with Gasteiger partial charge in [0, 0.05) is 49.3 Å². The molecule has 1 aliphatic carbocycles. The molecule has 2 aromatic rings. The summed E-state index contributed by atoms with van der Waals surface area (Å²) in [4.78, 5) is 27.2. The van der Waals surface area contributed by atoms with Gasteiger partial charge in [0.25, 0.3) is 0 Å². The Hall–Kier alpha value is -2.50. The standard InChI is InChI=1S/C19H23N5O/c25-17-4-9-19(24(17)14-15-5-12-20-13-6-15)7-2-16(3-8-19)23-18-21-10-1-11-22-18/h1,5-6,10-13,16H,2-4,7-9,14H2,(H,21,22,23). The predicted molar refractivity (Wildman–Crippen MR) is 94.7 cm³/mol. The zero-order valence-corrected chi connectivity index (χ0v) is 14.3. The van der Waals surface area contributed by atoms with Crippen LogP contribution in [0, 0.1) is 0 Å². The van der Waals surface area contributed by atoms with Crippen molar-refractivity contribution >= 4 is 11.9 Å². The lowest BCUT2D eigenvalue weighted by atomic mass is 9.77. The Kier molecular flexibility index (Phi) is 4.34.